The van der Waals surface area contributed by atoms with E-state index < -0.39 is 104 Å². The number of thioether (sulfide) groups is 1. The number of aromatic hydroxyl groups is 1. The van der Waals surface area contributed by atoms with Crippen molar-refractivity contribution in [3.05, 3.63) is 29.8 Å². The molecule has 7 atom stereocenters. The molecule has 2 heterocycles. The molecule has 366 valence electrons. The number of rotatable bonds is 30. The summed E-state index contributed by atoms with van der Waals surface area (Å²) in [4.78, 5) is 125. The largest absolute Gasteiger partial charge is 0.508 e. The molecule has 2 fully saturated rings. The van der Waals surface area contributed by atoms with Crippen molar-refractivity contribution in [2.45, 2.75) is 126 Å². The highest BCUT2D eigenvalue weighted by Crippen LogP contribution is 2.33. The van der Waals surface area contributed by atoms with Gasteiger partial charge in [0.25, 0.3) is 0 Å². The van der Waals surface area contributed by atoms with Gasteiger partial charge in [-0.25, -0.2) is 10.3 Å². The van der Waals surface area contributed by atoms with E-state index in [1.807, 2.05) is 11.8 Å². The number of aliphatic carboxylic acids is 1. The van der Waals surface area contributed by atoms with Crippen LogP contribution in [0.5, 0.6) is 5.75 Å². The van der Waals surface area contributed by atoms with E-state index in [0.717, 1.165) is 18.6 Å². The van der Waals surface area contributed by atoms with Crippen molar-refractivity contribution in [1.82, 2.24) is 48.0 Å². The number of phenolic OH excluding ortho intramolecular Hbond substituents is 1. The Hall–Kier alpha value is -6.17. The Labute approximate surface area is 386 Å². The quantitative estimate of drug-likeness (QED) is 0.0182. The molecule has 0 saturated carbocycles. The number of carboxylic acids is 1. The summed E-state index contributed by atoms with van der Waals surface area (Å²) < 4.78 is 0. The normalized spacial score (nSPS) is 17.9. The summed E-state index contributed by atoms with van der Waals surface area (Å²) in [6, 6.07) is 1.87. The van der Waals surface area contributed by atoms with Gasteiger partial charge in [-0.05, 0) is 68.6 Å². The molecule has 66 heavy (non-hydrogen) atoms. The molecule has 2 saturated heterocycles. The highest BCUT2D eigenvalue weighted by molar-refractivity contribution is 8.00. The number of phenols is 1. The number of hydroxylamine groups is 1. The molecule has 1 aromatic rings. The maximum Gasteiger partial charge on any atom is 0.315 e. The summed E-state index contributed by atoms with van der Waals surface area (Å²) in [7, 11) is 0. The van der Waals surface area contributed by atoms with Crippen molar-refractivity contribution >= 4 is 71.0 Å². The van der Waals surface area contributed by atoms with Crippen LogP contribution in [0.4, 0.5) is 4.79 Å². The third-order valence-corrected chi connectivity index (χ3v) is 12.4. The van der Waals surface area contributed by atoms with Crippen LogP contribution in [0.25, 0.3) is 0 Å². The van der Waals surface area contributed by atoms with Crippen molar-refractivity contribution in [2.75, 3.05) is 25.4 Å². The van der Waals surface area contributed by atoms with Gasteiger partial charge in [0.15, 0.2) is 0 Å². The first-order chi connectivity index (χ1) is 31.3. The van der Waals surface area contributed by atoms with E-state index in [4.69, 9.17) is 10.9 Å². The Morgan fingerprint density at radius 1 is 0.758 bits per heavy atom. The summed E-state index contributed by atoms with van der Waals surface area (Å²) in [5, 5.41) is 49.2. The number of nitrogens with two attached hydrogens (primary N) is 1. The molecule has 2 aliphatic rings. The van der Waals surface area contributed by atoms with Gasteiger partial charge >= 0.3 is 12.0 Å². The molecule has 0 aromatic heterocycles. The zero-order chi connectivity index (χ0) is 48.8. The van der Waals surface area contributed by atoms with Crippen molar-refractivity contribution < 1.29 is 63.4 Å². The first kappa shape index (κ1) is 54.2. The lowest BCUT2D eigenvalue weighted by Crippen LogP contribution is -2.56. The average molecular weight is 949 g/mol. The van der Waals surface area contributed by atoms with Gasteiger partial charge in [0.05, 0.1) is 25.2 Å². The fourth-order valence-corrected chi connectivity index (χ4v) is 8.97. The monoisotopic (exact) mass is 948 g/mol. The topological polar surface area (TPSA) is 366 Å². The second-order valence-corrected chi connectivity index (χ2v) is 18.0. The number of nitrogens with one attached hydrogen (secondary N) is 9. The number of benzene rings is 1. The number of hydrogen-bond acceptors (Lipinski definition) is 13. The van der Waals surface area contributed by atoms with Crippen LogP contribution in [0.2, 0.25) is 0 Å². The molecule has 0 bridgehead atoms. The number of hydrogen-bond donors (Lipinski definition) is 13. The van der Waals surface area contributed by atoms with Crippen LogP contribution in [0.15, 0.2) is 24.3 Å². The van der Waals surface area contributed by atoms with Crippen molar-refractivity contribution in [3.8, 4) is 5.75 Å². The number of urea groups is 1. The first-order valence-corrected chi connectivity index (χ1v) is 23.0. The summed E-state index contributed by atoms with van der Waals surface area (Å²) in [6.07, 6.45) is 2.55. The molecule has 10 amide bonds. The Morgan fingerprint density at radius 2 is 1.45 bits per heavy atom. The maximum atomic E-state index is 13.7. The van der Waals surface area contributed by atoms with Crippen LogP contribution in [0.3, 0.4) is 0 Å². The molecule has 0 aliphatic carbocycles. The minimum atomic E-state index is -1.52. The van der Waals surface area contributed by atoms with E-state index >= 15 is 0 Å². The van der Waals surface area contributed by atoms with Crippen LogP contribution in [0, 0.1) is 11.8 Å². The summed E-state index contributed by atoms with van der Waals surface area (Å²) >= 11 is 1.82. The van der Waals surface area contributed by atoms with Crippen molar-refractivity contribution in [1.29, 1.82) is 0 Å². The number of unbranched alkanes of at least 4 members (excludes halogenated alkanes) is 2. The number of carbonyl (C=O) groups excluding carboxylic acids is 9. The summed E-state index contributed by atoms with van der Waals surface area (Å²) in [5.41, 5.74) is 7.44. The zero-order valence-electron chi connectivity index (χ0n) is 37.2. The first-order valence-electron chi connectivity index (χ1n) is 22.0. The lowest BCUT2D eigenvalue weighted by atomic mass is 9.92. The van der Waals surface area contributed by atoms with E-state index in [1.165, 1.54) is 29.7 Å². The van der Waals surface area contributed by atoms with Gasteiger partial charge in [-0.1, -0.05) is 32.4 Å². The number of fused-ring (bicyclic) bond motifs is 1. The van der Waals surface area contributed by atoms with Crippen LogP contribution >= 0.6 is 11.8 Å². The second kappa shape index (κ2) is 28.0. The van der Waals surface area contributed by atoms with Crippen LogP contribution < -0.4 is 53.7 Å². The summed E-state index contributed by atoms with van der Waals surface area (Å²) in [6.45, 7) is 2.66. The second-order valence-electron chi connectivity index (χ2n) is 16.7. The Balaban J connectivity index is 1.45. The molecule has 1 aromatic carbocycles. The van der Waals surface area contributed by atoms with Gasteiger partial charge in [-0.2, -0.15) is 11.8 Å². The van der Waals surface area contributed by atoms with E-state index in [2.05, 4.69) is 42.5 Å². The van der Waals surface area contributed by atoms with Crippen LogP contribution in [-0.4, -0.2) is 136 Å². The lowest BCUT2D eigenvalue weighted by Gasteiger charge is -2.25. The Kier molecular flexibility index (Phi) is 23.0. The third kappa shape index (κ3) is 19.9. The highest BCUT2D eigenvalue weighted by atomic mass is 32.2. The van der Waals surface area contributed by atoms with E-state index in [0.29, 0.717) is 43.0 Å². The van der Waals surface area contributed by atoms with Gasteiger partial charge in [-0.3, -0.25) is 48.4 Å². The number of primary amides is 1. The fraction of sp³-hybridized carbons (Fsp3) is 0.619. The Morgan fingerprint density at radius 3 is 2.12 bits per heavy atom. The Bertz CT molecular complexity index is 1870. The van der Waals surface area contributed by atoms with E-state index in [9.17, 15) is 58.2 Å². The molecular formula is C42H64N10O13S. The molecular weight excluding hydrogens is 885 g/mol. The summed E-state index contributed by atoms with van der Waals surface area (Å²) in [5.74, 6) is -7.46. The van der Waals surface area contributed by atoms with Gasteiger partial charge in [0.1, 0.15) is 23.9 Å². The smallest absolute Gasteiger partial charge is 0.315 e. The number of carboxylic acid groups (broad SMARTS) is 1. The predicted octanol–water partition coefficient (Wildman–Crippen LogP) is -1.46. The molecule has 0 radical (unpaired) electrons. The lowest BCUT2D eigenvalue weighted by molar-refractivity contribution is -0.138. The van der Waals surface area contributed by atoms with Gasteiger partial charge in [0.2, 0.25) is 47.3 Å². The molecule has 0 spiro atoms. The third-order valence-electron chi connectivity index (χ3n) is 10.8. The average Bonchev–Trinajstić information content (AvgIpc) is 3.82. The van der Waals surface area contributed by atoms with Crippen molar-refractivity contribution in [2.24, 2.45) is 17.6 Å². The molecule has 23 nitrogen and oxygen atoms in total. The number of carbonyl (C=O) groups is 10. The molecule has 24 heteroatoms. The zero-order valence-corrected chi connectivity index (χ0v) is 38.0. The van der Waals surface area contributed by atoms with Crippen LogP contribution in [-0.2, 0) is 49.6 Å². The van der Waals surface area contributed by atoms with Gasteiger partial charge in [-0.15, -0.1) is 0 Å². The standard InChI is InChI=1S/C42H64N10O13S/c1-23(2)17-25(19-33(55)52-65)39(61)49-29(18-24-10-12-26(53)13-11-24)41(63)48-28(14-15-36(58)59)40(62)46-20-34(56)45-21-35(57)47-27(38(43)60)7-5-6-16-44-32(54)9-4-3-8-31-37-30(22-66-31)50-42(64)51-37/h10-13,23,25,27-31,37,53,65H,3-9,14-22H2,1-2H3,(H2,43,60)(H,44,54)(H,45,56)(H,46,62)(H,47,57)(H,48,63)(H,49,61)(H,52,55)(H,58,59)(H2,50,51,64)/t25?,27-,28-,29-,30-,31-,37-/m0/s1. The van der Waals surface area contributed by atoms with Crippen molar-refractivity contribution in [3.63, 3.8) is 0 Å². The van der Waals surface area contributed by atoms with Gasteiger partial charge in [0, 0.05) is 49.1 Å². The maximum absolute atomic E-state index is 13.7. The number of amides is 10. The van der Waals surface area contributed by atoms with Gasteiger partial charge < -0.3 is 58.5 Å². The van der Waals surface area contributed by atoms with E-state index in [-0.39, 0.29) is 55.0 Å². The molecule has 14 N–H and O–H groups in total. The van der Waals surface area contributed by atoms with Crippen LogP contribution in [0.1, 0.15) is 90.0 Å². The minimum Gasteiger partial charge on any atom is -0.508 e. The minimum absolute atomic E-state index is 0.0665. The highest BCUT2D eigenvalue weighted by Gasteiger charge is 2.42. The molecule has 3 rings (SSSR count). The predicted molar refractivity (Wildman–Crippen MR) is 238 cm³/mol. The molecule has 1 unspecified atom stereocenters. The fourth-order valence-electron chi connectivity index (χ4n) is 7.42. The van der Waals surface area contributed by atoms with E-state index in [1.54, 1.807) is 13.8 Å². The SMILES string of the molecule is CC(C)CC(CC(=O)NO)C(=O)N[C@@H](Cc1ccc(O)cc1)C(=O)N[C@@H](CCC(=O)O)C(=O)NCC(=O)NCC(=O)N[C@@H](CCCCNC(=O)CCCC[C@@H]1SC[C@@H]2NC(=O)N[C@@H]21)C(N)=O. The molecule has 2 aliphatic heterocycles.